The third-order valence-electron chi connectivity index (χ3n) is 5.43. The van der Waals surface area contributed by atoms with Crippen LogP contribution >= 0.6 is 11.3 Å². The molecule has 2 aromatic carbocycles. The second-order valence-corrected chi connectivity index (χ2v) is 9.78. The standard InChI is InChI=1S/C16H21F3N2O3.C9H7N3S/c1-10(2)13(8-20-15(23)24-9-16(17,18)19)21-14(22)12-6-4-11(3)5-7-12;1-6-3-2-4-7-8(6)12-5-10-11-9(12)13-7/h4-7,10,13H,8-9H2,1-3H3,(H,20,23)(H,21,22);2-5H,1H3. The molecule has 0 aliphatic carbocycles. The van der Waals surface area contributed by atoms with Crippen LogP contribution in [0.1, 0.15) is 35.3 Å². The molecular weight excluding hydrogens is 507 g/mol. The van der Waals surface area contributed by atoms with Crippen molar-refractivity contribution in [1.29, 1.82) is 0 Å². The lowest BCUT2D eigenvalue weighted by Crippen LogP contribution is -2.47. The molecule has 0 fully saturated rings. The minimum absolute atomic E-state index is 0.0358. The zero-order valence-corrected chi connectivity index (χ0v) is 21.6. The van der Waals surface area contributed by atoms with E-state index in [4.69, 9.17) is 0 Å². The Hall–Kier alpha value is -3.67. The molecule has 12 heteroatoms. The van der Waals surface area contributed by atoms with Gasteiger partial charge in [-0.1, -0.05) is 55.0 Å². The highest BCUT2D eigenvalue weighted by Gasteiger charge is 2.29. The Kier molecular flexibility index (Phi) is 9.09. The summed E-state index contributed by atoms with van der Waals surface area (Å²) in [5.41, 5.74) is 3.97. The molecule has 0 bridgehead atoms. The van der Waals surface area contributed by atoms with Gasteiger partial charge in [0, 0.05) is 18.2 Å². The van der Waals surface area contributed by atoms with Crippen LogP contribution in [-0.4, -0.2) is 52.0 Å². The number of para-hydroxylation sites is 1. The highest BCUT2D eigenvalue weighted by atomic mass is 32.1. The van der Waals surface area contributed by atoms with E-state index in [9.17, 15) is 22.8 Å². The molecule has 0 saturated heterocycles. The molecule has 0 radical (unpaired) electrons. The number of amides is 2. The molecule has 4 rings (SSSR count). The van der Waals surface area contributed by atoms with E-state index in [-0.39, 0.29) is 18.4 Å². The number of alkyl carbamates (subject to hydrolysis) is 1. The number of carbonyl (C=O) groups excluding carboxylic acids is 2. The van der Waals surface area contributed by atoms with Crippen molar-refractivity contribution >= 4 is 38.5 Å². The van der Waals surface area contributed by atoms with Crippen LogP contribution in [0.15, 0.2) is 48.8 Å². The number of ether oxygens (including phenoxy) is 1. The number of thiazole rings is 1. The van der Waals surface area contributed by atoms with E-state index in [0.29, 0.717) is 5.56 Å². The lowest BCUT2D eigenvalue weighted by Gasteiger charge is -2.23. The molecule has 1 atom stereocenters. The van der Waals surface area contributed by atoms with Crippen molar-refractivity contribution in [3.05, 3.63) is 65.5 Å². The Morgan fingerprint density at radius 1 is 1.11 bits per heavy atom. The van der Waals surface area contributed by atoms with E-state index in [1.807, 2.05) is 25.2 Å². The maximum Gasteiger partial charge on any atom is 0.422 e. The Morgan fingerprint density at radius 3 is 2.46 bits per heavy atom. The van der Waals surface area contributed by atoms with Crippen molar-refractivity contribution < 1.29 is 27.5 Å². The highest BCUT2D eigenvalue weighted by Crippen LogP contribution is 2.26. The van der Waals surface area contributed by atoms with Gasteiger partial charge in [-0.2, -0.15) is 13.2 Å². The minimum atomic E-state index is -4.57. The van der Waals surface area contributed by atoms with Crippen LogP contribution in [0.25, 0.3) is 15.2 Å². The number of rotatable bonds is 6. The Morgan fingerprint density at radius 2 is 1.81 bits per heavy atom. The molecule has 8 nitrogen and oxygen atoms in total. The monoisotopic (exact) mass is 535 g/mol. The number of carbonyl (C=O) groups is 2. The predicted molar refractivity (Wildman–Crippen MR) is 136 cm³/mol. The number of aromatic nitrogens is 3. The molecule has 0 aliphatic heterocycles. The number of hydrogen-bond acceptors (Lipinski definition) is 6. The number of aryl methyl sites for hydroxylation is 2. The van der Waals surface area contributed by atoms with Crippen LogP contribution < -0.4 is 10.6 Å². The third-order valence-corrected chi connectivity index (χ3v) is 6.44. The molecule has 2 N–H and O–H groups in total. The van der Waals surface area contributed by atoms with Gasteiger partial charge in [0.2, 0.25) is 4.96 Å². The summed E-state index contributed by atoms with van der Waals surface area (Å²) in [4.78, 5) is 24.4. The van der Waals surface area contributed by atoms with Crippen molar-refractivity contribution in [1.82, 2.24) is 25.2 Å². The second kappa shape index (κ2) is 12.0. The normalized spacial score (nSPS) is 12.2. The number of halogens is 3. The molecule has 37 heavy (non-hydrogen) atoms. The van der Waals surface area contributed by atoms with Crippen LogP contribution in [0.3, 0.4) is 0 Å². The first-order valence-corrected chi connectivity index (χ1v) is 12.3. The quantitative estimate of drug-likeness (QED) is 0.350. The first-order valence-electron chi connectivity index (χ1n) is 11.5. The fraction of sp³-hybridized carbons (Fsp3) is 0.360. The summed E-state index contributed by atoms with van der Waals surface area (Å²) in [7, 11) is 0. The highest BCUT2D eigenvalue weighted by molar-refractivity contribution is 7.23. The van der Waals surface area contributed by atoms with Crippen molar-refractivity contribution in [2.75, 3.05) is 13.2 Å². The van der Waals surface area contributed by atoms with Gasteiger partial charge >= 0.3 is 12.3 Å². The van der Waals surface area contributed by atoms with E-state index < -0.39 is 24.9 Å². The molecule has 1 unspecified atom stereocenters. The summed E-state index contributed by atoms with van der Waals surface area (Å²) in [6.07, 6.45) is -3.99. The summed E-state index contributed by atoms with van der Waals surface area (Å²) in [5.74, 6) is -0.360. The number of fused-ring (bicyclic) bond motifs is 3. The van der Waals surface area contributed by atoms with Gasteiger partial charge in [0.25, 0.3) is 5.91 Å². The lowest BCUT2D eigenvalue weighted by molar-refractivity contribution is -0.160. The largest absolute Gasteiger partial charge is 0.440 e. The summed E-state index contributed by atoms with van der Waals surface area (Å²) in [6.45, 7) is 5.96. The first-order chi connectivity index (χ1) is 17.4. The predicted octanol–water partition coefficient (Wildman–Crippen LogP) is 5.29. The Balaban J connectivity index is 0.000000241. The zero-order valence-electron chi connectivity index (χ0n) is 20.8. The van der Waals surface area contributed by atoms with Crippen LogP contribution in [-0.2, 0) is 4.74 Å². The van der Waals surface area contributed by atoms with Gasteiger partial charge in [0.1, 0.15) is 6.33 Å². The zero-order chi connectivity index (χ0) is 27.2. The summed E-state index contributed by atoms with van der Waals surface area (Å²) in [6, 6.07) is 12.8. The maximum atomic E-state index is 12.2. The van der Waals surface area contributed by atoms with E-state index in [1.54, 1.807) is 41.9 Å². The minimum Gasteiger partial charge on any atom is -0.440 e. The van der Waals surface area contributed by atoms with Crippen molar-refractivity contribution in [2.45, 2.75) is 39.9 Å². The Bertz CT molecular complexity index is 1350. The first kappa shape index (κ1) is 27.9. The van der Waals surface area contributed by atoms with Crippen LogP contribution in [0.5, 0.6) is 0 Å². The number of nitrogens with zero attached hydrogens (tertiary/aromatic N) is 3. The van der Waals surface area contributed by atoms with Gasteiger partial charge in [0.05, 0.1) is 10.2 Å². The van der Waals surface area contributed by atoms with Gasteiger partial charge in [-0.25, -0.2) is 4.79 Å². The van der Waals surface area contributed by atoms with Crippen LogP contribution in [0.2, 0.25) is 0 Å². The van der Waals surface area contributed by atoms with Gasteiger partial charge in [-0.15, -0.1) is 10.2 Å². The maximum absolute atomic E-state index is 12.2. The average Bonchev–Trinajstić information content (AvgIpc) is 3.42. The van der Waals surface area contributed by atoms with Gasteiger partial charge in [-0.3, -0.25) is 9.20 Å². The van der Waals surface area contributed by atoms with Crippen molar-refractivity contribution in [3.63, 3.8) is 0 Å². The van der Waals surface area contributed by atoms with Crippen LogP contribution in [0, 0.1) is 19.8 Å². The average molecular weight is 536 g/mol. The fourth-order valence-electron chi connectivity index (χ4n) is 3.37. The summed E-state index contributed by atoms with van der Waals surface area (Å²) in [5, 5.41) is 12.9. The molecule has 0 spiro atoms. The molecule has 2 aromatic heterocycles. The number of benzene rings is 2. The molecular formula is C25H28F3N5O3S. The van der Waals surface area contributed by atoms with Crippen LogP contribution in [0.4, 0.5) is 18.0 Å². The van der Waals surface area contributed by atoms with Gasteiger partial charge in [-0.05, 0) is 43.5 Å². The van der Waals surface area contributed by atoms with E-state index in [0.717, 1.165) is 10.5 Å². The van der Waals surface area contributed by atoms with Gasteiger partial charge in [0.15, 0.2) is 6.61 Å². The molecule has 2 heterocycles. The van der Waals surface area contributed by atoms with Gasteiger partial charge < -0.3 is 15.4 Å². The molecule has 0 aliphatic rings. The van der Waals surface area contributed by atoms with E-state index in [1.165, 1.54) is 15.8 Å². The van der Waals surface area contributed by atoms with Crippen molar-refractivity contribution in [3.8, 4) is 0 Å². The molecule has 198 valence electrons. The smallest absolute Gasteiger partial charge is 0.422 e. The number of hydrogen-bond donors (Lipinski definition) is 2. The van der Waals surface area contributed by atoms with E-state index >= 15 is 0 Å². The SMILES string of the molecule is Cc1ccc(C(=O)NC(CNC(=O)OCC(F)(F)F)C(C)C)cc1.Cc1cccc2sc3nncn3c12. The topological polar surface area (TPSA) is 97.6 Å². The molecule has 4 aromatic rings. The summed E-state index contributed by atoms with van der Waals surface area (Å²) >= 11 is 1.67. The molecule has 2 amide bonds. The second-order valence-electron chi connectivity index (χ2n) is 8.77. The summed E-state index contributed by atoms with van der Waals surface area (Å²) < 4.78 is 43.3. The van der Waals surface area contributed by atoms with E-state index in [2.05, 4.69) is 50.7 Å². The van der Waals surface area contributed by atoms with Crippen molar-refractivity contribution in [2.24, 2.45) is 5.92 Å². The lowest BCUT2D eigenvalue weighted by atomic mass is 10.0. The number of alkyl halides is 3. The third kappa shape index (κ3) is 7.91. The Labute approximate surface area is 215 Å². The fourth-order valence-corrected chi connectivity index (χ4v) is 4.39. The molecule has 0 saturated carbocycles. The number of nitrogens with one attached hydrogen (secondary N) is 2.